The van der Waals surface area contributed by atoms with E-state index in [1.54, 1.807) is 7.11 Å². The zero-order chi connectivity index (χ0) is 14.8. The molecule has 0 radical (unpaired) electrons. The first-order valence-electron chi connectivity index (χ1n) is 6.03. The number of hydrogen-bond donors (Lipinski definition) is 3. The van der Waals surface area contributed by atoms with E-state index in [-0.39, 0.29) is 0 Å². The third-order valence-corrected chi connectivity index (χ3v) is 4.38. The van der Waals surface area contributed by atoms with Crippen molar-refractivity contribution in [3.05, 3.63) is 34.1 Å². The van der Waals surface area contributed by atoms with Gasteiger partial charge < -0.3 is 10.1 Å². The second-order valence-electron chi connectivity index (χ2n) is 4.15. The first-order chi connectivity index (χ1) is 10.2. The summed E-state index contributed by atoms with van der Waals surface area (Å²) in [5, 5.41) is 6.19. The molecule has 4 N–H and O–H groups in total. The Kier molecular flexibility index (Phi) is 3.91. The SMILES string of the molecule is COc1ccc(Br)c(Nc2nc(NN)nc3sccc23)c1. The van der Waals surface area contributed by atoms with Crippen molar-refractivity contribution in [1.29, 1.82) is 0 Å². The van der Waals surface area contributed by atoms with Gasteiger partial charge in [0.25, 0.3) is 0 Å². The Morgan fingerprint density at radius 2 is 2.14 bits per heavy atom. The summed E-state index contributed by atoms with van der Waals surface area (Å²) in [5.74, 6) is 7.23. The molecule has 0 fully saturated rings. The predicted molar refractivity (Wildman–Crippen MR) is 89.2 cm³/mol. The van der Waals surface area contributed by atoms with Crippen LogP contribution in [0.1, 0.15) is 0 Å². The Bertz CT molecular complexity index is 791. The van der Waals surface area contributed by atoms with Crippen LogP contribution in [0.15, 0.2) is 34.1 Å². The summed E-state index contributed by atoms with van der Waals surface area (Å²) in [7, 11) is 1.63. The molecule has 0 atom stereocenters. The van der Waals surface area contributed by atoms with Crippen molar-refractivity contribution >= 4 is 54.9 Å². The highest BCUT2D eigenvalue weighted by Crippen LogP contribution is 2.33. The van der Waals surface area contributed by atoms with Gasteiger partial charge >= 0.3 is 0 Å². The van der Waals surface area contributed by atoms with E-state index in [1.165, 1.54) is 11.3 Å². The quantitative estimate of drug-likeness (QED) is 0.484. The van der Waals surface area contributed by atoms with Crippen LogP contribution in [-0.4, -0.2) is 17.1 Å². The summed E-state index contributed by atoms with van der Waals surface area (Å²) >= 11 is 5.04. The van der Waals surface area contributed by atoms with E-state index in [4.69, 9.17) is 10.6 Å². The van der Waals surface area contributed by atoms with Gasteiger partial charge in [0, 0.05) is 10.5 Å². The van der Waals surface area contributed by atoms with Gasteiger partial charge in [0.15, 0.2) is 0 Å². The predicted octanol–water partition coefficient (Wildman–Crippen LogP) is 3.49. The molecule has 0 spiro atoms. The minimum atomic E-state index is 0.367. The lowest BCUT2D eigenvalue weighted by molar-refractivity contribution is 0.415. The van der Waals surface area contributed by atoms with Crippen molar-refractivity contribution in [3.63, 3.8) is 0 Å². The number of nitrogens with one attached hydrogen (secondary N) is 2. The Balaban J connectivity index is 2.07. The highest BCUT2D eigenvalue weighted by atomic mass is 79.9. The van der Waals surface area contributed by atoms with Gasteiger partial charge in [-0.2, -0.15) is 4.98 Å². The largest absolute Gasteiger partial charge is 0.497 e. The second kappa shape index (κ2) is 5.84. The number of halogens is 1. The number of methoxy groups -OCH3 is 1. The summed E-state index contributed by atoms with van der Waals surface area (Å²) in [6.45, 7) is 0. The molecule has 8 heteroatoms. The standard InChI is InChI=1S/C13H12BrN5OS/c1-20-7-2-3-9(14)10(6-7)16-11-8-4-5-21-12(8)18-13(17-11)19-15/h2-6H,15H2,1H3,(H2,16,17,18,19). The number of anilines is 3. The minimum Gasteiger partial charge on any atom is -0.497 e. The van der Waals surface area contributed by atoms with Gasteiger partial charge in [-0.3, -0.25) is 5.43 Å². The normalized spacial score (nSPS) is 10.6. The first kappa shape index (κ1) is 14.1. The second-order valence-corrected chi connectivity index (χ2v) is 5.90. The number of ether oxygens (including phenoxy) is 1. The number of benzene rings is 1. The topological polar surface area (TPSA) is 85.1 Å². The van der Waals surface area contributed by atoms with Crippen molar-refractivity contribution in [2.24, 2.45) is 5.84 Å². The lowest BCUT2D eigenvalue weighted by Crippen LogP contribution is -2.11. The lowest BCUT2D eigenvalue weighted by Gasteiger charge is -2.11. The Morgan fingerprint density at radius 1 is 1.29 bits per heavy atom. The number of hydrogen-bond acceptors (Lipinski definition) is 7. The van der Waals surface area contributed by atoms with Crippen molar-refractivity contribution in [3.8, 4) is 5.75 Å². The first-order valence-corrected chi connectivity index (χ1v) is 7.71. The molecule has 0 saturated carbocycles. The number of rotatable bonds is 4. The number of hydrazine groups is 1. The maximum atomic E-state index is 5.42. The zero-order valence-electron chi connectivity index (χ0n) is 11.1. The molecular formula is C13H12BrN5OS. The van der Waals surface area contributed by atoms with Crippen LogP contribution in [0.2, 0.25) is 0 Å². The molecule has 2 aromatic heterocycles. The fraction of sp³-hybridized carbons (Fsp3) is 0.0769. The number of thiophene rings is 1. The molecule has 1 aromatic carbocycles. The third kappa shape index (κ3) is 2.78. The van der Waals surface area contributed by atoms with E-state index in [9.17, 15) is 0 Å². The monoisotopic (exact) mass is 365 g/mol. The van der Waals surface area contributed by atoms with E-state index in [1.807, 2.05) is 29.6 Å². The number of nitrogens with two attached hydrogens (primary N) is 1. The summed E-state index contributed by atoms with van der Waals surface area (Å²) in [5.41, 5.74) is 3.33. The van der Waals surface area contributed by atoms with Crippen LogP contribution in [0.25, 0.3) is 10.2 Å². The molecule has 0 unspecified atom stereocenters. The summed E-state index contributed by atoms with van der Waals surface area (Å²) < 4.78 is 6.15. The van der Waals surface area contributed by atoms with Crippen LogP contribution in [0, 0.1) is 0 Å². The fourth-order valence-corrected chi connectivity index (χ4v) is 2.98. The zero-order valence-corrected chi connectivity index (χ0v) is 13.5. The highest BCUT2D eigenvalue weighted by molar-refractivity contribution is 9.10. The smallest absolute Gasteiger partial charge is 0.240 e. The summed E-state index contributed by atoms with van der Waals surface area (Å²) in [6.07, 6.45) is 0. The van der Waals surface area contributed by atoms with Crippen LogP contribution in [0.5, 0.6) is 5.75 Å². The molecular weight excluding hydrogens is 354 g/mol. The van der Waals surface area contributed by atoms with E-state index in [0.29, 0.717) is 11.8 Å². The van der Waals surface area contributed by atoms with Crippen molar-refractivity contribution in [1.82, 2.24) is 9.97 Å². The van der Waals surface area contributed by atoms with Crippen molar-refractivity contribution < 1.29 is 4.74 Å². The molecule has 0 saturated heterocycles. The van der Waals surface area contributed by atoms with Gasteiger partial charge in [-0.25, -0.2) is 10.8 Å². The molecule has 0 aliphatic carbocycles. The summed E-state index contributed by atoms with van der Waals surface area (Å²) in [4.78, 5) is 9.54. The number of fused-ring (bicyclic) bond motifs is 1. The summed E-state index contributed by atoms with van der Waals surface area (Å²) in [6, 6.07) is 7.65. The molecule has 21 heavy (non-hydrogen) atoms. The van der Waals surface area contributed by atoms with E-state index in [2.05, 4.69) is 36.6 Å². The fourth-order valence-electron chi connectivity index (χ4n) is 1.87. The maximum Gasteiger partial charge on any atom is 0.240 e. The number of nitrogens with zero attached hydrogens (tertiary/aromatic N) is 2. The average Bonchev–Trinajstić information content (AvgIpc) is 2.98. The van der Waals surface area contributed by atoms with Gasteiger partial charge in [-0.1, -0.05) is 0 Å². The third-order valence-electron chi connectivity index (χ3n) is 2.88. The molecule has 6 nitrogen and oxygen atoms in total. The molecule has 108 valence electrons. The van der Waals surface area contributed by atoms with Crippen LogP contribution < -0.4 is 21.3 Å². The van der Waals surface area contributed by atoms with Gasteiger partial charge in [0.05, 0.1) is 18.2 Å². The van der Waals surface area contributed by atoms with Gasteiger partial charge in [-0.05, 0) is 39.5 Å². The van der Waals surface area contributed by atoms with E-state index < -0.39 is 0 Å². The molecule has 0 bridgehead atoms. The Hall–Kier alpha value is -1.90. The minimum absolute atomic E-state index is 0.367. The van der Waals surface area contributed by atoms with Gasteiger partial charge in [0.2, 0.25) is 5.95 Å². The lowest BCUT2D eigenvalue weighted by atomic mass is 10.3. The van der Waals surface area contributed by atoms with Crippen molar-refractivity contribution in [2.75, 3.05) is 17.9 Å². The molecule has 0 aliphatic rings. The van der Waals surface area contributed by atoms with Crippen LogP contribution in [0.3, 0.4) is 0 Å². The van der Waals surface area contributed by atoms with Gasteiger partial charge in [-0.15, -0.1) is 11.3 Å². The van der Waals surface area contributed by atoms with Gasteiger partial charge in [0.1, 0.15) is 16.4 Å². The molecule has 3 aromatic rings. The molecule has 0 amide bonds. The van der Waals surface area contributed by atoms with Crippen molar-refractivity contribution in [2.45, 2.75) is 0 Å². The molecule has 0 aliphatic heterocycles. The maximum absolute atomic E-state index is 5.42. The Labute approximate surface area is 133 Å². The highest BCUT2D eigenvalue weighted by Gasteiger charge is 2.10. The number of aromatic nitrogens is 2. The average molecular weight is 366 g/mol. The van der Waals surface area contributed by atoms with E-state index >= 15 is 0 Å². The van der Waals surface area contributed by atoms with E-state index in [0.717, 1.165) is 26.1 Å². The van der Waals surface area contributed by atoms with Crippen LogP contribution in [0.4, 0.5) is 17.5 Å². The van der Waals surface area contributed by atoms with Crippen LogP contribution in [-0.2, 0) is 0 Å². The van der Waals surface area contributed by atoms with Crippen LogP contribution >= 0.6 is 27.3 Å². The Morgan fingerprint density at radius 3 is 2.90 bits per heavy atom. The molecule has 2 heterocycles. The molecule has 3 rings (SSSR count). The number of nitrogen functional groups attached to an aromatic ring is 1.